The van der Waals surface area contributed by atoms with Crippen molar-refractivity contribution in [2.45, 2.75) is 53.9 Å². The molecule has 114 valence electrons. The Bertz CT molecular complexity index is 593. The average molecular weight is 288 g/mol. The first-order valence-corrected chi connectivity index (χ1v) is 6.98. The van der Waals surface area contributed by atoms with Crippen LogP contribution in [-0.4, -0.2) is 10.9 Å². The van der Waals surface area contributed by atoms with Gasteiger partial charge in [-0.25, -0.2) is 0 Å². The van der Waals surface area contributed by atoms with Gasteiger partial charge < -0.3 is 5.11 Å². The molecule has 1 aromatic carbocycles. The van der Waals surface area contributed by atoms with Gasteiger partial charge in [0.25, 0.3) is 0 Å². The fourth-order valence-electron chi connectivity index (χ4n) is 2.04. The maximum Gasteiger partial charge on any atom is 0.183 e. The zero-order chi connectivity index (χ0) is 16.4. The van der Waals surface area contributed by atoms with Crippen LogP contribution in [-0.2, 0) is 10.2 Å². The number of hydrogen-bond donors (Lipinski definition) is 1. The molecule has 0 aromatic heterocycles. The molecule has 4 heteroatoms. The zero-order valence-electron chi connectivity index (χ0n) is 13.9. The first-order chi connectivity index (χ1) is 9.54. The summed E-state index contributed by atoms with van der Waals surface area (Å²) in [6, 6.07) is 4.18. The Morgan fingerprint density at radius 3 is 1.90 bits per heavy atom. The van der Waals surface area contributed by atoms with Crippen molar-refractivity contribution in [2.75, 3.05) is 0 Å². The number of aliphatic hydroxyl groups is 1. The Labute approximate surface area is 126 Å². The molecular formula is C17H24N2O2. The molecule has 0 aliphatic rings. The highest BCUT2D eigenvalue weighted by atomic mass is 16.3. The molecule has 1 aromatic rings. The summed E-state index contributed by atoms with van der Waals surface area (Å²) in [6.45, 7) is 13.2. The Morgan fingerprint density at radius 1 is 1.10 bits per heavy atom. The van der Waals surface area contributed by atoms with Crippen LogP contribution in [0.3, 0.4) is 0 Å². The van der Waals surface area contributed by atoms with Crippen molar-refractivity contribution in [3.8, 4) is 0 Å². The number of nitrogens with zero attached hydrogens (tertiary/aromatic N) is 2. The number of Topliss-reactive ketones (excluding diaryl/α,β-unsaturated/α-hetero) is 1. The summed E-state index contributed by atoms with van der Waals surface area (Å²) < 4.78 is 0. The monoisotopic (exact) mass is 288 g/mol. The van der Waals surface area contributed by atoms with Crippen molar-refractivity contribution in [2.24, 2.45) is 10.2 Å². The number of allylic oxidation sites excluding steroid dienone is 2. The van der Waals surface area contributed by atoms with Gasteiger partial charge in [0.1, 0.15) is 5.76 Å². The van der Waals surface area contributed by atoms with Crippen LogP contribution in [0.25, 0.3) is 0 Å². The lowest BCUT2D eigenvalue weighted by Crippen LogP contribution is -2.11. The molecule has 0 spiro atoms. The van der Waals surface area contributed by atoms with Crippen molar-refractivity contribution in [1.29, 1.82) is 0 Å². The maximum absolute atomic E-state index is 11.4. The summed E-state index contributed by atoms with van der Waals surface area (Å²) in [7, 11) is 0. The van der Waals surface area contributed by atoms with E-state index < -0.39 is 0 Å². The van der Waals surface area contributed by atoms with E-state index >= 15 is 0 Å². The second-order valence-corrected chi connectivity index (χ2v) is 6.40. The van der Waals surface area contributed by atoms with E-state index in [9.17, 15) is 9.90 Å². The third kappa shape index (κ3) is 4.25. The van der Waals surface area contributed by atoms with Gasteiger partial charge in [-0.15, -0.1) is 10.2 Å². The minimum absolute atomic E-state index is 0.00584. The van der Waals surface area contributed by atoms with Gasteiger partial charge in [0.05, 0.1) is 5.69 Å². The van der Waals surface area contributed by atoms with Gasteiger partial charge in [0.15, 0.2) is 11.5 Å². The molecule has 4 nitrogen and oxygen atoms in total. The minimum Gasteiger partial charge on any atom is -0.510 e. The molecule has 0 saturated carbocycles. The number of aliphatic hydroxyl groups excluding tert-OH is 1. The van der Waals surface area contributed by atoms with Crippen LogP contribution in [0.15, 0.2) is 33.8 Å². The molecule has 0 atom stereocenters. The summed E-state index contributed by atoms with van der Waals surface area (Å²) in [5.41, 5.74) is 4.04. The molecule has 0 saturated heterocycles. The number of hydrogen-bond acceptors (Lipinski definition) is 4. The third-order valence-corrected chi connectivity index (χ3v) is 3.28. The molecule has 0 amide bonds. The van der Waals surface area contributed by atoms with Crippen LogP contribution < -0.4 is 0 Å². The first-order valence-electron chi connectivity index (χ1n) is 6.98. The fourth-order valence-corrected chi connectivity index (χ4v) is 2.04. The van der Waals surface area contributed by atoms with Crippen LogP contribution >= 0.6 is 0 Å². The Hall–Kier alpha value is -1.97. The Morgan fingerprint density at radius 2 is 1.57 bits per heavy atom. The van der Waals surface area contributed by atoms with E-state index in [0.29, 0.717) is 0 Å². The number of carbonyl (C=O) groups excluding carboxylic acids is 1. The van der Waals surface area contributed by atoms with Crippen molar-refractivity contribution in [1.82, 2.24) is 0 Å². The molecular weight excluding hydrogens is 264 g/mol. The van der Waals surface area contributed by atoms with E-state index in [1.54, 1.807) is 0 Å². The van der Waals surface area contributed by atoms with Crippen molar-refractivity contribution < 1.29 is 9.90 Å². The topological polar surface area (TPSA) is 62.0 Å². The molecule has 0 heterocycles. The fraction of sp³-hybridized carbons (Fsp3) is 0.471. The van der Waals surface area contributed by atoms with Crippen molar-refractivity contribution >= 4 is 11.5 Å². The number of carbonyl (C=O) groups is 1. The number of ketones is 1. The number of aryl methyl sites for hydroxylation is 2. The van der Waals surface area contributed by atoms with E-state index in [1.165, 1.54) is 19.4 Å². The molecule has 1 N–H and O–H groups in total. The summed E-state index contributed by atoms with van der Waals surface area (Å²) in [6.07, 6.45) is 0. The summed E-state index contributed by atoms with van der Waals surface area (Å²) in [5.74, 6) is -0.423. The van der Waals surface area contributed by atoms with E-state index in [0.717, 1.165) is 16.8 Å². The zero-order valence-corrected chi connectivity index (χ0v) is 13.9. The van der Waals surface area contributed by atoms with Gasteiger partial charge in [-0.3, -0.25) is 4.79 Å². The second-order valence-electron chi connectivity index (χ2n) is 6.40. The molecule has 0 bridgehead atoms. The first kappa shape index (κ1) is 17.1. The van der Waals surface area contributed by atoms with Gasteiger partial charge in [-0.05, 0) is 42.9 Å². The minimum atomic E-state index is -0.305. The molecule has 0 unspecified atom stereocenters. The SMILES string of the molecule is CC(=O)C(N=Nc1c(C)cc(C(C)(C)C)cc1C)=C(C)O. The predicted molar refractivity (Wildman–Crippen MR) is 85.1 cm³/mol. The Balaban J connectivity index is 3.29. The lowest BCUT2D eigenvalue weighted by molar-refractivity contribution is -0.113. The van der Waals surface area contributed by atoms with Crippen LogP contribution in [0.5, 0.6) is 0 Å². The maximum atomic E-state index is 11.4. The average Bonchev–Trinajstić information content (AvgIpc) is 2.30. The van der Waals surface area contributed by atoms with Crippen molar-refractivity contribution in [3.05, 3.63) is 40.3 Å². The summed E-state index contributed by atoms with van der Waals surface area (Å²) in [5, 5.41) is 17.5. The van der Waals surface area contributed by atoms with E-state index in [2.05, 4.69) is 43.1 Å². The van der Waals surface area contributed by atoms with Gasteiger partial charge in [0.2, 0.25) is 0 Å². The summed E-state index contributed by atoms with van der Waals surface area (Å²) >= 11 is 0. The molecule has 0 aliphatic carbocycles. The predicted octanol–water partition coefficient (Wildman–Crippen LogP) is 5.06. The third-order valence-electron chi connectivity index (χ3n) is 3.28. The van der Waals surface area contributed by atoms with Gasteiger partial charge in [-0.2, -0.15) is 0 Å². The summed E-state index contributed by atoms with van der Waals surface area (Å²) in [4.78, 5) is 11.4. The molecule has 21 heavy (non-hydrogen) atoms. The highest BCUT2D eigenvalue weighted by Gasteiger charge is 2.16. The highest BCUT2D eigenvalue weighted by molar-refractivity contribution is 5.93. The quantitative estimate of drug-likeness (QED) is 0.480. The van der Waals surface area contributed by atoms with Crippen LogP contribution in [0, 0.1) is 13.8 Å². The largest absolute Gasteiger partial charge is 0.510 e. The van der Waals surface area contributed by atoms with E-state index in [-0.39, 0.29) is 22.7 Å². The highest BCUT2D eigenvalue weighted by Crippen LogP contribution is 2.31. The number of benzene rings is 1. The molecule has 1 rings (SSSR count). The van der Waals surface area contributed by atoms with Gasteiger partial charge >= 0.3 is 0 Å². The Kier molecular flexibility index (Phi) is 5.05. The van der Waals surface area contributed by atoms with Crippen molar-refractivity contribution in [3.63, 3.8) is 0 Å². The van der Waals surface area contributed by atoms with Crippen LogP contribution in [0.2, 0.25) is 0 Å². The van der Waals surface area contributed by atoms with Gasteiger partial charge in [0, 0.05) is 6.92 Å². The molecule has 0 aliphatic heterocycles. The van der Waals surface area contributed by atoms with Crippen LogP contribution in [0.4, 0.5) is 5.69 Å². The second kappa shape index (κ2) is 6.20. The van der Waals surface area contributed by atoms with E-state index in [1.807, 2.05) is 13.8 Å². The van der Waals surface area contributed by atoms with Crippen LogP contribution in [0.1, 0.15) is 51.3 Å². The number of azo groups is 1. The number of rotatable bonds is 3. The standard InChI is InChI=1S/C17H24N2O2/c1-10-8-14(17(5,6)7)9-11(2)15(10)18-19-16(12(3)20)13(4)21/h8-9,20H,1-7H3. The normalized spacial score (nSPS) is 13.5. The molecule has 0 radical (unpaired) electrons. The van der Waals surface area contributed by atoms with Gasteiger partial charge in [-0.1, -0.05) is 32.9 Å². The lowest BCUT2D eigenvalue weighted by Gasteiger charge is -2.21. The van der Waals surface area contributed by atoms with E-state index in [4.69, 9.17) is 0 Å². The smallest absolute Gasteiger partial charge is 0.183 e. The molecule has 0 fully saturated rings. The lowest BCUT2D eigenvalue weighted by atomic mass is 9.85.